The molecule has 0 bridgehead atoms. The Morgan fingerprint density at radius 1 is 1.19 bits per heavy atom. The Morgan fingerprint density at radius 3 is 2.57 bits per heavy atom. The monoisotopic (exact) mass is 284 g/mol. The molecule has 0 atom stereocenters. The second-order valence-corrected chi connectivity index (χ2v) is 5.19. The van der Waals surface area contributed by atoms with Crippen LogP contribution in [0.1, 0.15) is 29.8 Å². The zero-order valence-electron chi connectivity index (χ0n) is 12.5. The second-order valence-electron chi connectivity index (χ2n) is 5.19. The van der Waals surface area contributed by atoms with E-state index in [2.05, 4.69) is 5.32 Å². The number of aryl methyl sites for hydroxylation is 1. The molecule has 0 heterocycles. The minimum atomic E-state index is -0.182. The van der Waals surface area contributed by atoms with Crippen LogP contribution in [0.3, 0.4) is 0 Å². The number of ether oxygens (including phenoxy) is 1. The number of carbonyl (C=O) groups is 1. The number of rotatable bonds is 4. The van der Waals surface area contributed by atoms with Gasteiger partial charge in [0.05, 0.1) is 11.8 Å². The summed E-state index contributed by atoms with van der Waals surface area (Å²) in [7, 11) is 0. The van der Waals surface area contributed by atoms with E-state index in [9.17, 15) is 4.79 Å². The highest BCUT2D eigenvalue weighted by molar-refractivity contribution is 6.05. The minimum absolute atomic E-state index is 0.0434. The molecule has 0 unspecified atom stereocenters. The summed E-state index contributed by atoms with van der Waals surface area (Å²) in [6.45, 7) is 5.77. The van der Waals surface area contributed by atoms with Crippen LogP contribution in [0.2, 0.25) is 0 Å². The summed E-state index contributed by atoms with van der Waals surface area (Å²) in [5.41, 5.74) is 8.56. The fraction of sp³-hybridized carbons (Fsp3) is 0.235. The van der Waals surface area contributed by atoms with E-state index in [4.69, 9.17) is 10.5 Å². The van der Waals surface area contributed by atoms with Crippen molar-refractivity contribution in [2.75, 3.05) is 11.1 Å². The van der Waals surface area contributed by atoms with Crippen LogP contribution in [0.4, 0.5) is 11.4 Å². The maximum absolute atomic E-state index is 12.3. The molecule has 21 heavy (non-hydrogen) atoms. The number of carbonyl (C=O) groups excluding carboxylic acids is 1. The third-order valence-electron chi connectivity index (χ3n) is 3.03. The molecule has 0 saturated heterocycles. The van der Waals surface area contributed by atoms with Crippen molar-refractivity contribution >= 4 is 17.3 Å². The molecule has 2 aromatic carbocycles. The summed E-state index contributed by atoms with van der Waals surface area (Å²) < 4.78 is 5.69. The minimum Gasteiger partial charge on any atom is -0.489 e. The molecule has 3 N–H and O–H groups in total. The van der Waals surface area contributed by atoms with Gasteiger partial charge in [0.2, 0.25) is 0 Å². The quantitative estimate of drug-likeness (QED) is 0.843. The van der Waals surface area contributed by atoms with Gasteiger partial charge in [-0.1, -0.05) is 12.1 Å². The summed E-state index contributed by atoms with van der Waals surface area (Å²) in [5, 5.41) is 2.87. The molecule has 2 rings (SSSR count). The third-order valence-corrected chi connectivity index (χ3v) is 3.03. The van der Waals surface area contributed by atoms with E-state index < -0.39 is 0 Å². The average Bonchev–Trinajstić information content (AvgIpc) is 2.43. The Balaban J connectivity index is 2.21. The Hall–Kier alpha value is -2.49. The van der Waals surface area contributed by atoms with Crippen molar-refractivity contribution in [3.05, 3.63) is 53.6 Å². The Morgan fingerprint density at radius 2 is 1.90 bits per heavy atom. The number of hydrogen-bond acceptors (Lipinski definition) is 3. The number of para-hydroxylation sites is 2. The second kappa shape index (κ2) is 6.31. The van der Waals surface area contributed by atoms with Gasteiger partial charge in [-0.15, -0.1) is 0 Å². The molecular formula is C17H20N2O2. The number of benzene rings is 2. The number of anilines is 2. The van der Waals surface area contributed by atoms with Crippen molar-refractivity contribution in [3.63, 3.8) is 0 Å². The van der Waals surface area contributed by atoms with Gasteiger partial charge in [0.1, 0.15) is 5.75 Å². The van der Waals surface area contributed by atoms with Gasteiger partial charge in [-0.25, -0.2) is 0 Å². The van der Waals surface area contributed by atoms with Crippen LogP contribution in [0.5, 0.6) is 5.75 Å². The molecule has 1 amide bonds. The number of nitrogen functional groups attached to an aromatic ring is 1. The SMILES string of the molecule is Cc1cc(C(=O)Nc2ccccc2OC(C)C)ccc1N. The fourth-order valence-electron chi connectivity index (χ4n) is 1.94. The highest BCUT2D eigenvalue weighted by Gasteiger charge is 2.11. The summed E-state index contributed by atoms with van der Waals surface area (Å²) in [5.74, 6) is 0.478. The molecule has 4 nitrogen and oxygen atoms in total. The van der Waals surface area contributed by atoms with Crippen LogP contribution in [0, 0.1) is 6.92 Å². The lowest BCUT2D eigenvalue weighted by molar-refractivity contribution is 0.102. The van der Waals surface area contributed by atoms with Crippen molar-refractivity contribution < 1.29 is 9.53 Å². The van der Waals surface area contributed by atoms with Crippen molar-refractivity contribution in [2.45, 2.75) is 26.9 Å². The Kier molecular flexibility index (Phi) is 4.48. The molecule has 110 valence electrons. The van der Waals surface area contributed by atoms with Crippen LogP contribution in [0.15, 0.2) is 42.5 Å². The Bertz CT molecular complexity index is 651. The lowest BCUT2D eigenvalue weighted by atomic mass is 10.1. The summed E-state index contributed by atoms with van der Waals surface area (Å²) in [4.78, 5) is 12.3. The van der Waals surface area contributed by atoms with Gasteiger partial charge in [-0.3, -0.25) is 4.79 Å². The molecule has 0 fully saturated rings. The van der Waals surface area contributed by atoms with Gasteiger partial charge in [-0.05, 0) is 56.7 Å². The van der Waals surface area contributed by atoms with E-state index in [1.165, 1.54) is 0 Å². The predicted octanol–water partition coefficient (Wildman–Crippen LogP) is 3.62. The number of hydrogen-bond donors (Lipinski definition) is 2. The van der Waals surface area contributed by atoms with Gasteiger partial charge in [0.15, 0.2) is 0 Å². The van der Waals surface area contributed by atoms with E-state index in [-0.39, 0.29) is 12.0 Å². The third kappa shape index (κ3) is 3.75. The van der Waals surface area contributed by atoms with Crippen LogP contribution in [-0.4, -0.2) is 12.0 Å². The van der Waals surface area contributed by atoms with Crippen LogP contribution < -0.4 is 15.8 Å². The zero-order chi connectivity index (χ0) is 15.4. The van der Waals surface area contributed by atoms with Gasteiger partial charge in [-0.2, -0.15) is 0 Å². The van der Waals surface area contributed by atoms with Crippen LogP contribution in [-0.2, 0) is 0 Å². The molecule has 0 aliphatic rings. The largest absolute Gasteiger partial charge is 0.489 e. The van der Waals surface area contributed by atoms with Crippen LogP contribution >= 0.6 is 0 Å². The molecular weight excluding hydrogens is 264 g/mol. The van der Waals surface area contributed by atoms with E-state index in [1.54, 1.807) is 18.2 Å². The highest BCUT2D eigenvalue weighted by atomic mass is 16.5. The van der Waals surface area contributed by atoms with Crippen molar-refractivity contribution in [1.29, 1.82) is 0 Å². The number of amides is 1. The lowest BCUT2D eigenvalue weighted by Crippen LogP contribution is -2.14. The van der Waals surface area contributed by atoms with Crippen molar-refractivity contribution in [2.24, 2.45) is 0 Å². The number of nitrogens with two attached hydrogens (primary N) is 1. The molecule has 0 aliphatic carbocycles. The first kappa shape index (κ1) is 14.9. The predicted molar refractivity (Wildman–Crippen MR) is 85.8 cm³/mol. The van der Waals surface area contributed by atoms with Gasteiger partial charge >= 0.3 is 0 Å². The van der Waals surface area contributed by atoms with Crippen molar-refractivity contribution in [1.82, 2.24) is 0 Å². The van der Waals surface area contributed by atoms with E-state index in [0.717, 1.165) is 5.56 Å². The molecule has 2 aromatic rings. The molecule has 0 spiro atoms. The molecule has 0 radical (unpaired) electrons. The Labute approximate surface area is 124 Å². The first-order chi connectivity index (χ1) is 9.97. The lowest BCUT2D eigenvalue weighted by Gasteiger charge is -2.15. The fourth-order valence-corrected chi connectivity index (χ4v) is 1.94. The van der Waals surface area contributed by atoms with Gasteiger partial charge in [0, 0.05) is 11.3 Å². The van der Waals surface area contributed by atoms with E-state index in [0.29, 0.717) is 22.7 Å². The van der Waals surface area contributed by atoms with Crippen molar-refractivity contribution in [3.8, 4) is 5.75 Å². The first-order valence-corrected chi connectivity index (χ1v) is 6.90. The maximum atomic E-state index is 12.3. The summed E-state index contributed by atoms with van der Waals surface area (Å²) in [6.07, 6.45) is 0.0434. The first-order valence-electron chi connectivity index (χ1n) is 6.90. The molecule has 0 aliphatic heterocycles. The normalized spacial score (nSPS) is 10.5. The van der Waals surface area contributed by atoms with Gasteiger partial charge < -0.3 is 15.8 Å². The topological polar surface area (TPSA) is 64.3 Å². The zero-order valence-corrected chi connectivity index (χ0v) is 12.5. The summed E-state index contributed by atoms with van der Waals surface area (Å²) >= 11 is 0. The average molecular weight is 284 g/mol. The van der Waals surface area contributed by atoms with E-state index in [1.807, 2.05) is 45.0 Å². The number of nitrogens with one attached hydrogen (secondary N) is 1. The van der Waals surface area contributed by atoms with Gasteiger partial charge in [0.25, 0.3) is 5.91 Å². The maximum Gasteiger partial charge on any atom is 0.255 e. The smallest absolute Gasteiger partial charge is 0.255 e. The van der Waals surface area contributed by atoms with E-state index >= 15 is 0 Å². The van der Waals surface area contributed by atoms with Crippen LogP contribution in [0.25, 0.3) is 0 Å². The standard InChI is InChI=1S/C17H20N2O2/c1-11(2)21-16-7-5-4-6-15(16)19-17(20)13-8-9-14(18)12(3)10-13/h4-11H,18H2,1-3H3,(H,19,20). The molecule has 0 saturated carbocycles. The summed E-state index contributed by atoms with van der Waals surface area (Å²) in [6, 6.07) is 12.6. The molecule has 4 heteroatoms. The molecule has 0 aromatic heterocycles. The highest BCUT2D eigenvalue weighted by Crippen LogP contribution is 2.25.